The quantitative estimate of drug-likeness (QED) is 0.505. The zero-order valence-electron chi connectivity index (χ0n) is 5.92. The van der Waals surface area contributed by atoms with Crippen molar-refractivity contribution in [3.63, 3.8) is 0 Å². The normalized spacial score (nSPS) is 10.6. The molecule has 0 aromatic heterocycles. The largest absolute Gasteiger partial charge is 0.336 e. The molecule has 0 N–H and O–H groups in total. The minimum atomic E-state index is -0.665. The number of aldehydes is 1. The second-order valence-corrected chi connectivity index (χ2v) is 2.49. The highest BCUT2D eigenvalue weighted by Gasteiger charge is 2.20. The van der Waals surface area contributed by atoms with Crippen LogP contribution in [0.2, 0.25) is 0 Å². The van der Waals surface area contributed by atoms with Gasteiger partial charge in [-0.05, 0) is 13.8 Å². The molecule has 3 nitrogen and oxygen atoms in total. The van der Waals surface area contributed by atoms with Gasteiger partial charge < -0.3 is 9.69 Å². The van der Waals surface area contributed by atoms with Gasteiger partial charge in [-0.15, -0.1) is 0 Å². The number of hydrogen-bond donors (Lipinski definition) is 0. The van der Waals surface area contributed by atoms with Gasteiger partial charge in [-0.1, -0.05) is 0 Å². The second kappa shape index (κ2) is 2.62. The lowest BCUT2D eigenvalue weighted by molar-refractivity contribution is -0.128. The standard InChI is InChI=1S/C6H11NO2/c1-6(2,4-8)7(3)5-9/h4-5H,1-3H3. The molecule has 0 aromatic carbocycles. The molecule has 0 spiro atoms. The molecule has 0 aromatic rings. The van der Waals surface area contributed by atoms with Gasteiger partial charge in [-0.25, -0.2) is 0 Å². The number of carbonyl (C=O) groups is 2. The summed E-state index contributed by atoms with van der Waals surface area (Å²) in [6.07, 6.45) is 1.37. The third-order valence-electron chi connectivity index (χ3n) is 1.36. The molecule has 9 heavy (non-hydrogen) atoms. The molecule has 0 fully saturated rings. The third kappa shape index (κ3) is 1.83. The lowest BCUT2D eigenvalue weighted by atomic mass is 10.1. The van der Waals surface area contributed by atoms with E-state index in [0.29, 0.717) is 6.41 Å². The number of carbonyl (C=O) groups excluding carboxylic acids is 2. The van der Waals surface area contributed by atoms with Crippen LogP contribution in [-0.4, -0.2) is 30.2 Å². The van der Waals surface area contributed by atoms with Crippen molar-refractivity contribution in [2.75, 3.05) is 7.05 Å². The van der Waals surface area contributed by atoms with E-state index in [-0.39, 0.29) is 0 Å². The Morgan fingerprint density at radius 1 is 1.33 bits per heavy atom. The average molecular weight is 129 g/mol. The lowest BCUT2D eigenvalue weighted by Crippen LogP contribution is -2.41. The second-order valence-electron chi connectivity index (χ2n) is 2.49. The summed E-state index contributed by atoms with van der Waals surface area (Å²) in [5.41, 5.74) is -0.665. The molecular formula is C6H11NO2. The maximum absolute atomic E-state index is 10.2. The molecule has 1 amide bonds. The third-order valence-corrected chi connectivity index (χ3v) is 1.36. The van der Waals surface area contributed by atoms with Gasteiger partial charge in [0, 0.05) is 7.05 Å². The molecule has 0 saturated heterocycles. The fourth-order valence-corrected chi connectivity index (χ4v) is 0.219. The first-order valence-corrected chi connectivity index (χ1v) is 2.69. The predicted octanol–water partition coefficient (Wildman–Crippen LogP) is 0.0521. The van der Waals surface area contributed by atoms with Crippen molar-refractivity contribution < 1.29 is 9.59 Å². The minimum Gasteiger partial charge on any atom is -0.336 e. The highest BCUT2D eigenvalue weighted by molar-refractivity contribution is 5.67. The number of amides is 1. The number of hydrogen-bond acceptors (Lipinski definition) is 2. The van der Waals surface area contributed by atoms with Crippen LogP contribution in [-0.2, 0) is 9.59 Å². The lowest BCUT2D eigenvalue weighted by Gasteiger charge is -2.25. The van der Waals surface area contributed by atoms with E-state index in [2.05, 4.69) is 0 Å². The summed E-state index contributed by atoms with van der Waals surface area (Å²) in [5, 5.41) is 0. The number of rotatable bonds is 3. The van der Waals surface area contributed by atoms with Crippen LogP contribution < -0.4 is 0 Å². The Hall–Kier alpha value is -0.860. The van der Waals surface area contributed by atoms with Gasteiger partial charge in [0.1, 0.15) is 6.29 Å². The van der Waals surface area contributed by atoms with Crippen LogP contribution in [0, 0.1) is 0 Å². The fraction of sp³-hybridized carbons (Fsp3) is 0.667. The molecule has 0 rings (SSSR count). The van der Waals surface area contributed by atoms with Crippen LogP contribution in [0.15, 0.2) is 0 Å². The monoisotopic (exact) mass is 129 g/mol. The Labute approximate surface area is 54.6 Å². The Kier molecular flexibility index (Phi) is 2.37. The van der Waals surface area contributed by atoms with Gasteiger partial charge in [-0.2, -0.15) is 0 Å². The summed E-state index contributed by atoms with van der Waals surface area (Å²) in [6.45, 7) is 3.35. The number of likely N-dealkylation sites (N-methyl/N-ethyl adjacent to an activating group) is 1. The topological polar surface area (TPSA) is 37.4 Å². The van der Waals surface area contributed by atoms with E-state index in [1.54, 1.807) is 20.9 Å². The molecule has 0 saturated carbocycles. The van der Waals surface area contributed by atoms with Crippen LogP contribution in [0.5, 0.6) is 0 Å². The van der Waals surface area contributed by atoms with Crippen molar-refractivity contribution >= 4 is 12.7 Å². The molecule has 0 aliphatic heterocycles. The first kappa shape index (κ1) is 8.14. The van der Waals surface area contributed by atoms with E-state index >= 15 is 0 Å². The van der Waals surface area contributed by atoms with Crippen molar-refractivity contribution in [3.05, 3.63) is 0 Å². The van der Waals surface area contributed by atoms with Gasteiger partial charge in [0.2, 0.25) is 6.41 Å². The van der Waals surface area contributed by atoms with Crippen molar-refractivity contribution in [2.45, 2.75) is 19.4 Å². The Morgan fingerprint density at radius 3 is 1.89 bits per heavy atom. The maximum Gasteiger partial charge on any atom is 0.210 e. The molecule has 0 heterocycles. The Balaban J connectivity index is 4.11. The summed E-state index contributed by atoms with van der Waals surface area (Å²) in [4.78, 5) is 21.6. The van der Waals surface area contributed by atoms with E-state index in [4.69, 9.17) is 0 Å². The maximum atomic E-state index is 10.2. The van der Waals surface area contributed by atoms with Gasteiger partial charge >= 0.3 is 0 Å². The summed E-state index contributed by atoms with van der Waals surface area (Å²) in [7, 11) is 1.57. The fourth-order valence-electron chi connectivity index (χ4n) is 0.219. The molecule has 52 valence electrons. The first-order chi connectivity index (χ1) is 4.04. The van der Waals surface area contributed by atoms with Gasteiger partial charge in [0.05, 0.1) is 5.54 Å². The van der Waals surface area contributed by atoms with Gasteiger partial charge in [-0.3, -0.25) is 4.79 Å². The van der Waals surface area contributed by atoms with Crippen LogP contribution in [0.4, 0.5) is 0 Å². The predicted molar refractivity (Wildman–Crippen MR) is 34.0 cm³/mol. The zero-order valence-corrected chi connectivity index (χ0v) is 5.92. The molecular weight excluding hydrogens is 118 g/mol. The van der Waals surface area contributed by atoms with Crippen LogP contribution >= 0.6 is 0 Å². The summed E-state index contributed by atoms with van der Waals surface area (Å²) < 4.78 is 0. The van der Waals surface area contributed by atoms with Gasteiger partial charge in [0.25, 0.3) is 0 Å². The Morgan fingerprint density at radius 2 is 1.78 bits per heavy atom. The highest BCUT2D eigenvalue weighted by atomic mass is 16.1. The van der Waals surface area contributed by atoms with Crippen molar-refractivity contribution in [2.24, 2.45) is 0 Å². The summed E-state index contributed by atoms with van der Waals surface area (Å²) in [5.74, 6) is 0. The summed E-state index contributed by atoms with van der Waals surface area (Å²) in [6, 6.07) is 0. The van der Waals surface area contributed by atoms with E-state index in [1.165, 1.54) is 4.90 Å². The molecule has 0 radical (unpaired) electrons. The van der Waals surface area contributed by atoms with E-state index in [0.717, 1.165) is 6.29 Å². The number of nitrogens with zero attached hydrogens (tertiary/aromatic N) is 1. The highest BCUT2D eigenvalue weighted by Crippen LogP contribution is 2.04. The minimum absolute atomic E-state index is 0.633. The summed E-state index contributed by atoms with van der Waals surface area (Å²) >= 11 is 0. The first-order valence-electron chi connectivity index (χ1n) is 2.69. The smallest absolute Gasteiger partial charge is 0.210 e. The molecule has 3 heteroatoms. The van der Waals surface area contributed by atoms with Crippen molar-refractivity contribution in [1.82, 2.24) is 4.90 Å². The van der Waals surface area contributed by atoms with Crippen molar-refractivity contribution in [1.29, 1.82) is 0 Å². The zero-order chi connectivity index (χ0) is 7.49. The van der Waals surface area contributed by atoms with Crippen LogP contribution in [0.25, 0.3) is 0 Å². The van der Waals surface area contributed by atoms with Crippen LogP contribution in [0.1, 0.15) is 13.8 Å². The van der Waals surface area contributed by atoms with Crippen molar-refractivity contribution in [3.8, 4) is 0 Å². The van der Waals surface area contributed by atoms with E-state index in [1.807, 2.05) is 0 Å². The molecule has 0 bridgehead atoms. The average Bonchev–Trinajstić information content (AvgIpc) is 1.86. The van der Waals surface area contributed by atoms with Crippen LogP contribution in [0.3, 0.4) is 0 Å². The molecule has 0 aliphatic rings. The molecule has 0 unspecified atom stereocenters. The molecule has 0 aliphatic carbocycles. The van der Waals surface area contributed by atoms with E-state index < -0.39 is 5.54 Å². The van der Waals surface area contributed by atoms with Gasteiger partial charge in [0.15, 0.2) is 0 Å². The molecule has 0 atom stereocenters. The van der Waals surface area contributed by atoms with E-state index in [9.17, 15) is 9.59 Å². The Bertz CT molecular complexity index is 120. The SMILES string of the molecule is CN(C=O)C(C)(C)C=O.